The molecule has 0 aromatic carbocycles. The van der Waals surface area contributed by atoms with Gasteiger partial charge in [0.25, 0.3) is 0 Å². The maximum Gasteiger partial charge on any atom is 0.310 e. The zero-order chi connectivity index (χ0) is 22.6. The van der Waals surface area contributed by atoms with Crippen molar-refractivity contribution in [3.05, 3.63) is 23.8 Å². The van der Waals surface area contributed by atoms with Gasteiger partial charge in [0, 0.05) is 18.8 Å². The Hall–Kier alpha value is -1.62. The predicted molar refractivity (Wildman–Crippen MR) is 118 cm³/mol. The van der Waals surface area contributed by atoms with Crippen LogP contribution in [0.4, 0.5) is 0 Å². The number of rotatable bonds is 5. The third kappa shape index (κ3) is 4.10. The van der Waals surface area contributed by atoms with Crippen molar-refractivity contribution < 1.29 is 24.2 Å². The number of aliphatic hydroxyl groups excluding tert-OH is 1. The van der Waals surface area contributed by atoms with E-state index >= 15 is 0 Å². The van der Waals surface area contributed by atoms with E-state index in [0.717, 1.165) is 31.3 Å². The van der Waals surface area contributed by atoms with E-state index in [1.54, 1.807) is 0 Å². The summed E-state index contributed by atoms with van der Waals surface area (Å²) in [7, 11) is 0. The zero-order valence-corrected chi connectivity index (χ0v) is 19.6. The molecule has 5 heteroatoms. The highest BCUT2D eigenvalue weighted by atomic mass is 16.5. The number of aliphatic hydroxyl groups is 1. The Bertz CT molecular complexity index is 778. The normalized spacial score (nSPS) is 38.6. The molecule has 1 saturated carbocycles. The Morgan fingerprint density at radius 2 is 1.94 bits per heavy atom. The largest absolute Gasteiger partial charge is 0.462 e. The van der Waals surface area contributed by atoms with E-state index in [0.29, 0.717) is 24.7 Å². The molecular weight excluding hydrogens is 392 g/mol. The number of carbonyl (C=O) groups is 2. The summed E-state index contributed by atoms with van der Waals surface area (Å²) in [6, 6.07) is 0. The minimum atomic E-state index is -0.595. The van der Waals surface area contributed by atoms with Crippen LogP contribution < -0.4 is 0 Å². The molecule has 0 amide bonds. The third-order valence-corrected chi connectivity index (χ3v) is 8.92. The monoisotopic (exact) mass is 430 g/mol. The minimum absolute atomic E-state index is 0.00460. The Balaban J connectivity index is 1.49. The Morgan fingerprint density at radius 1 is 1.23 bits per heavy atom. The van der Waals surface area contributed by atoms with Crippen molar-refractivity contribution in [1.82, 2.24) is 0 Å². The van der Waals surface area contributed by atoms with Crippen molar-refractivity contribution in [2.24, 2.45) is 34.5 Å². The van der Waals surface area contributed by atoms with Gasteiger partial charge in [-0.1, -0.05) is 52.8 Å². The molecule has 0 aromatic heterocycles. The van der Waals surface area contributed by atoms with Gasteiger partial charge in [0.15, 0.2) is 0 Å². The van der Waals surface area contributed by atoms with E-state index in [-0.39, 0.29) is 46.8 Å². The number of ether oxygens (including phenoxy) is 2. The second kappa shape index (κ2) is 8.06. The lowest BCUT2D eigenvalue weighted by Crippen LogP contribution is -2.43. The van der Waals surface area contributed by atoms with Gasteiger partial charge in [-0.15, -0.1) is 0 Å². The van der Waals surface area contributed by atoms with Crippen LogP contribution >= 0.6 is 0 Å². The molecule has 1 N–H and O–H groups in total. The molecule has 6 atom stereocenters. The second-order valence-electron chi connectivity index (χ2n) is 11.3. The summed E-state index contributed by atoms with van der Waals surface area (Å²) in [5, 5.41) is 10.4. The van der Waals surface area contributed by atoms with Gasteiger partial charge in [0.05, 0.1) is 12.0 Å². The highest BCUT2D eigenvalue weighted by Crippen LogP contribution is 2.68. The molecule has 0 radical (unpaired) electrons. The molecule has 172 valence electrons. The van der Waals surface area contributed by atoms with Gasteiger partial charge in [-0.2, -0.15) is 0 Å². The fourth-order valence-electron chi connectivity index (χ4n) is 6.35. The van der Waals surface area contributed by atoms with Gasteiger partial charge in [-0.3, -0.25) is 9.59 Å². The molecule has 1 saturated heterocycles. The molecule has 4 rings (SSSR count). The number of allylic oxidation sites excluding steroid dienone is 2. The number of carbonyl (C=O) groups excluding carboxylic acids is 2. The van der Waals surface area contributed by atoms with Crippen molar-refractivity contribution in [2.45, 2.75) is 91.5 Å². The first kappa shape index (κ1) is 22.6. The van der Waals surface area contributed by atoms with Crippen LogP contribution in [-0.2, 0) is 19.1 Å². The zero-order valence-electron chi connectivity index (χ0n) is 19.6. The SMILES string of the molecule is C[C@@H]1C=CC2=C[C@@H](O)C[C@H](OC(=O)C3C(C)(C)C3(C)C)[C@@H]2[C@H]1CC[C@H]1CCCC(=O)O1. The lowest BCUT2D eigenvalue weighted by atomic mass is 9.66. The van der Waals surface area contributed by atoms with Crippen molar-refractivity contribution >= 4 is 11.9 Å². The van der Waals surface area contributed by atoms with Gasteiger partial charge < -0.3 is 14.6 Å². The number of hydrogen-bond donors (Lipinski definition) is 1. The van der Waals surface area contributed by atoms with Crippen LogP contribution in [0.1, 0.15) is 73.1 Å². The molecule has 1 aliphatic heterocycles. The van der Waals surface area contributed by atoms with Crippen LogP contribution in [0.2, 0.25) is 0 Å². The van der Waals surface area contributed by atoms with Crippen LogP contribution in [0.5, 0.6) is 0 Å². The topological polar surface area (TPSA) is 72.8 Å². The van der Waals surface area contributed by atoms with Crippen LogP contribution in [0.15, 0.2) is 23.8 Å². The molecule has 1 heterocycles. The number of fused-ring (bicyclic) bond motifs is 1. The summed E-state index contributed by atoms with van der Waals surface area (Å²) in [6.45, 7) is 10.7. The molecular formula is C26H38O5. The Kier molecular flexibility index (Phi) is 5.87. The molecule has 0 unspecified atom stereocenters. The standard InChI is InChI=1S/C26H38O5/c1-15-9-10-16-13-17(27)14-20(31-24(29)23-25(2,3)26(23,4)5)22(16)19(15)12-11-18-7-6-8-21(28)30-18/h9-10,13,15,17-20,22-23,27H,6-8,11-12,14H2,1-5H3/t15-,17-,18-,19+,20+,22+/m1/s1. The molecule has 2 fully saturated rings. The van der Waals surface area contributed by atoms with E-state index in [1.807, 2.05) is 6.08 Å². The highest BCUT2D eigenvalue weighted by Gasteiger charge is 2.69. The van der Waals surface area contributed by atoms with Gasteiger partial charge in [-0.05, 0) is 53.9 Å². The lowest BCUT2D eigenvalue weighted by molar-refractivity contribution is -0.159. The highest BCUT2D eigenvalue weighted by molar-refractivity contribution is 5.79. The number of hydrogen-bond acceptors (Lipinski definition) is 5. The van der Waals surface area contributed by atoms with E-state index in [1.165, 1.54) is 0 Å². The van der Waals surface area contributed by atoms with E-state index in [4.69, 9.17) is 9.47 Å². The van der Waals surface area contributed by atoms with E-state index in [9.17, 15) is 14.7 Å². The smallest absolute Gasteiger partial charge is 0.310 e. The summed E-state index contributed by atoms with van der Waals surface area (Å²) in [4.78, 5) is 24.8. The maximum absolute atomic E-state index is 13.1. The van der Waals surface area contributed by atoms with Crippen LogP contribution in [0, 0.1) is 34.5 Å². The molecule has 5 nitrogen and oxygen atoms in total. The van der Waals surface area contributed by atoms with E-state index < -0.39 is 6.10 Å². The first-order valence-corrected chi connectivity index (χ1v) is 12.0. The summed E-state index contributed by atoms with van der Waals surface area (Å²) >= 11 is 0. The van der Waals surface area contributed by atoms with Gasteiger partial charge in [0.2, 0.25) is 0 Å². The first-order chi connectivity index (χ1) is 14.5. The fraction of sp³-hybridized carbons (Fsp3) is 0.769. The molecule has 3 aliphatic carbocycles. The maximum atomic E-state index is 13.1. The van der Waals surface area contributed by atoms with Crippen LogP contribution in [-0.4, -0.2) is 35.4 Å². The molecule has 31 heavy (non-hydrogen) atoms. The van der Waals surface area contributed by atoms with Crippen molar-refractivity contribution in [3.8, 4) is 0 Å². The quantitative estimate of drug-likeness (QED) is 0.646. The Labute approximate surface area is 186 Å². The molecule has 0 spiro atoms. The number of esters is 2. The summed E-state index contributed by atoms with van der Waals surface area (Å²) < 4.78 is 11.7. The molecule has 0 bridgehead atoms. The second-order valence-corrected chi connectivity index (χ2v) is 11.3. The van der Waals surface area contributed by atoms with Crippen molar-refractivity contribution in [3.63, 3.8) is 0 Å². The average molecular weight is 431 g/mol. The summed E-state index contributed by atoms with van der Waals surface area (Å²) in [5.41, 5.74) is 0.940. The summed E-state index contributed by atoms with van der Waals surface area (Å²) in [6.07, 6.45) is 9.86. The third-order valence-electron chi connectivity index (χ3n) is 8.92. The van der Waals surface area contributed by atoms with Crippen molar-refractivity contribution in [2.75, 3.05) is 0 Å². The minimum Gasteiger partial charge on any atom is -0.462 e. The molecule has 0 aromatic rings. The van der Waals surface area contributed by atoms with E-state index in [2.05, 4.69) is 46.8 Å². The van der Waals surface area contributed by atoms with Gasteiger partial charge >= 0.3 is 11.9 Å². The van der Waals surface area contributed by atoms with Gasteiger partial charge in [-0.25, -0.2) is 0 Å². The number of cyclic esters (lactones) is 1. The first-order valence-electron chi connectivity index (χ1n) is 12.0. The van der Waals surface area contributed by atoms with Crippen LogP contribution in [0.25, 0.3) is 0 Å². The van der Waals surface area contributed by atoms with Gasteiger partial charge in [0.1, 0.15) is 12.2 Å². The average Bonchev–Trinajstić information content (AvgIpc) is 3.09. The summed E-state index contributed by atoms with van der Waals surface area (Å²) in [5.74, 6) is 0.389. The van der Waals surface area contributed by atoms with Crippen LogP contribution in [0.3, 0.4) is 0 Å². The predicted octanol–water partition coefficient (Wildman–Crippen LogP) is 4.59. The lowest BCUT2D eigenvalue weighted by Gasteiger charge is -2.43. The van der Waals surface area contributed by atoms with Crippen molar-refractivity contribution in [1.29, 1.82) is 0 Å². The molecule has 4 aliphatic rings. The Morgan fingerprint density at radius 3 is 2.58 bits per heavy atom. The fourth-order valence-corrected chi connectivity index (χ4v) is 6.35.